The fraction of sp³-hybridized carbons (Fsp3) is 0.417. The number of H-pyrrole nitrogens is 2. The van der Waals surface area contributed by atoms with Crippen molar-refractivity contribution in [2.24, 2.45) is 0 Å². The maximum atomic E-state index is 11.9. The van der Waals surface area contributed by atoms with Crippen molar-refractivity contribution in [3.63, 3.8) is 0 Å². The highest BCUT2D eigenvalue weighted by Gasteiger charge is 2.17. The number of aromatic nitrogens is 2. The summed E-state index contributed by atoms with van der Waals surface area (Å²) in [6.07, 6.45) is 4.56. The molecule has 2 heterocycles. The van der Waals surface area contributed by atoms with E-state index < -0.39 is 0 Å². The van der Waals surface area contributed by atoms with Crippen LogP contribution in [0.15, 0.2) is 10.9 Å². The number of hydrogen-bond acceptors (Lipinski definition) is 1. The third-order valence-corrected chi connectivity index (χ3v) is 3.22. The van der Waals surface area contributed by atoms with Crippen molar-refractivity contribution in [1.82, 2.24) is 9.97 Å². The van der Waals surface area contributed by atoms with Crippen molar-refractivity contribution in [3.05, 3.63) is 33.4 Å². The third kappa shape index (κ3) is 1.23. The summed E-state index contributed by atoms with van der Waals surface area (Å²) in [5.74, 6) is 0. The first kappa shape index (κ1) is 8.77. The first-order valence-corrected chi connectivity index (χ1v) is 5.49. The summed E-state index contributed by atoms with van der Waals surface area (Å²) in [5, 5.41) is 0.885. The van der Waals surface area contributed by atoms with Crippen molar-refractivity contribution in [2.45, 2.75) is 32.6 Å². The smallest absolute Gasteiger partial charge is 0.257 e. The lowest BCUT2D eigenvalue weighted by Crippen LogP contribution is -2.09. The van der Waals surface area contributed by atoms with Crippen LogP contribution < -0.4 is 5.56 Å². The highest BCUT2D eigenvalue weighted by molar-refractivity contribution is 5.84. The van der Waals surface area contributed by atoms with Gasteiger partial charge >= 0.3 is 0 Å². The van der Waals surface area contributed by atoms with Crippen molar-refractivity contribution >= 4 is 10.9 Å². The van der Waals surface area contributed by atoms with Gasteiger partial charge in [0.2, 0.25) is 0 Å². The summed E-state index contributed by atoms with van der Waals surface area (Å²) in [4.78, 5) is 18.1. The van der Waals surface area contributed by atoms with Crippen LogP contribution in [0.25, 0.3) is 10.9 Å². The Morgan fingerprint density at radius 3 is 2.87 bits per heavy atom. The second-order valence-corrected chi connectivity index (χ2v) is 4.36. The zero-order valence-electron chi connectivity index (χ0n) is 8.81. The van der Waals surface area contributed by atoms with E-state index in [0.717, 1.165) is 29.4 Å². The van der Waals surface area contributed by atoms with E-state index in [4.69, 9.17) is 0 Å². The maximum Gasteiger partial charge on any atom is 0.257 e. The summed E-state index contributed by atoms with van der Waals surface area (Å²) in [7, 11) is 0. The van der Waals surface area contributed by atoms with E-state index >= 15 is 0 Å². The van der Waals surface area contributed by atoms with Gasteiger partial charge in [0.1, 0.15) is 0 Å². The number of aromatic amines is 2. The molecule has 2 N–H and O–H groups in total. The fourth-order valence-electron chi connectivity index (χ4n) is 2.57. The largest absolute Gasteiger partial charge is 0.358 e. The highest BCUT2D eigenvalue weighted by atomic mass is 16.1. The number of rotatable bonds is 0. The van der Waals surface area contributed by atoms with Crippen LogP contribution in [0, 0.1) is 6.92 Å². The van der Waals surface area contributed by atoms with Gasteiger partial charge in [-0.1, -0.05) is 0 Å². The van der Waals surface area contributed by atoms with Gasteiger partial charge < -0.3 is 9.97 Å². The normalized spacial score (nSPS) is 15.5. The van der Waals surface area contributed by atoms with Gasteiger partial charge in [-0.15, -0.1) is 0 Å². The van der Waals surface area contributed by atoms with Crippen molar-refractivity contribution in [1.29, 1.82) is 0 Å². The molecule has 0 aromatic carbocycles. The van der Waals surface area contributed by atoms with Gasteiger partial charge in [0.15, 0.2) is 0 Å². The minimum atomic E-state index is 0.0596. The molecule has 0 saturated carbocycles. The van der Waals surface area contributed by atoms with E-state index in [0.29, 0.717) is 0 Å². The van der Waals surface area contributed by atoms with Crippen LogP contribution in [0.5, 0.6) is 0 Å². The second-order valence-electron chi connectivity index (χ2n) is 4.36. The van der Waals surface area contributed by atoms with Crippen LogP contribution in [-0.2, 0) is 12.8 Å². The van der Waals surface area contributed by atoms with Crippen molar-refractivity contribution in [2.75, 3.05) is 0 Å². The summed E-state index contributed by atoms with van der Waals surface area (Å²) < 4.78 is 0. The molecule has 0 radical (unpaired) electrons. The van der Waals surface area contributed by atoms with E-state index in [9.17, 15) is 4.79 Å². The topological polar surface area (TPSA) is 48.6 Å². The molecule has 0 atom stereocenters. The van der Waals surface area contributed by atoms with E-state index in [1.807, 2.05) is 13.0 Å². The minimum Gasteiger partial charge on any atom is -0.358 e. The predicted octanol–water partition coefficient (Wildman–Crippen LogP) is 2.04. The number of hydrogen-bond donors (Lipinski definition) is 2. The average molecular weight is 202 g/mol. The Balaban J connectivity index is 2.42. The quantitative estimate of drug-likeness (QED) is 0.674. The van der Waals surface area contributed by atoms with Crippen LogP contribution in [0.1, 0.15) is 29.8 Å². The molecule has 1 aliphatic rings. The Bertz CT molecular complexity index is 577. The molecule has 0 bridgehead atoms. The number of fused-ring (bicyclic) bond motifs is 3. The Kier molecular flexibility index (Phi) is 1.75. The number of pyridine rings is 1. The molecule has 1 aliphatic carbocycles. The van der Waals surface area contributed by atoms with Crippen LogP contribution in [0.3, 0.4) is 0 Å². The molecule has 2 aromatic rings. The lowest BCUT2D eigenvalue weighted by Gasteiger charge is -2.09. The molecule has 3 heteroatoms. The molecule has 0 unspecified atom stereocenters. The zero-order valence-corrected chi connectivity index (χ0v) is 8.81. The third-order valence-electron chi connectivity index (χ3n) is 3.22. The van der Waals surface area contributed by atoms with Gasteiger partial charge in [0, 0.05) is 11.4 Å². The molecule has 78 valence electrons. The van der Waals surface area contributed by atoms with Gasteiger partial charge in [-0.25, -0.2) is 0 Å². The van der Waals surface area contributed by atoms with Crippen molar-refractivity contribution in [3.8, 4) is 0 Å². The fourth-order valence-corrected chi connectivity index (χ4v) is 2.57. The van der Waals surface area contributed by atoms with Crippen molar-refractivity contribution < 1.29 is 0 Å². The Labute approximate surface area is 87.5 Å². The van der Waals surface area contributed by atoms with Crippen LogP contribution >= 0.6 is 0 Å². The number of aryl methyl sites for hydroxylation is 3. The summed E-state index contributed by atoms with van der Waals surface area (Å²) in [6.45, 7) is 1.92. The van der Waals surface area contributed by atoms with Gasteiger partial charge in [-0.05, 0) is 44.2 Å². The second kappa shape index (κ2) is 2.99. The average Bonchev–Trinajstić information content (AvgIpc) is 2.54. The Morgan fingerprint density at radius 2 is 2.00 bits per heavy atom. The zero-order chi connectivity index (χ0) is 10.4. The first-order valence-electron chi connectivity index (χ1n) is 5.49. The molecule has 3 rings (SSSR count). The molecular weight excluding hydrogens is 188 g/mol. The van der Waals surface area contributed by atoms with Gasteiger partial charge in [0.25, 0.3) is 5.56 Å². The van der Waals surface area contributed by atoms with Crippen LogP contribution in [0.4, 0.5) is 0 Å². The van der Waals surface area contributed by atoms with Gasteiger partial charge in [-0.3, -0.25) is 4.79 Å². The Morgan fingerprint density at radius 1 is 1.20 bits per heavy atom. The van der Waals surface area contributed by atoms with Gasteiger partial charge in [-0.2, -0.15) is 0 Å². The highest BCUT2D eigenvalue weighted by Crippen LogP contribution is 2.26. The molecule has 0 fully saturated rings. The lowest BCUT2D eigenvalue weighted by atomic mass is 9.96. The molecule has 0 spiro atoms. The maximum absolute atomic E-state index is 11.9. The molecule has 0 amide bonds. The molecule has 0 aliphatic heterocycles. The number of nitrogens with one attached hydrogen (secondary N) is 2. The summed E-state index contributed by atoms with van der Waals surface area (Å²) in [6, 6.07) is 2.02. The molecule has 15 heavy (non-hydrogen) atoms. The first-order chi connectivity index (χ1) is 7.25. The SMILES string of the molecule is Cc1cc2[nH]c3c(c2c(=O)[nH]1)CCCC3. The standard InChI is InChI=1S/C12H14N2O/c1-7-6-10-11(12(15)13-7)8-4-2-3-5-9(8)14-10/h6,14H,2-5H2,1H3,(H,13,15). The van der Waals surface area contributed by atoms with E-state index in [2.05, 4.69) is 9.97 Å². The predicted molar refractivity (Wildman–Crippen MR) is 60.3 cm³/mol. The van der Waals surface area contributed by atoms with Gasteiger partial charge in [0.05, 0.1) is 10.9 Å². The molecule has 3 nitrogen and oxygen atoms in total. The van der Waals surface area contributed by atoms with Crippen LogP contribution in [0.2, 0.25) is 0 Å². The molecular formula is C12H14N2O. The minimum absolute atomic E-state index is 0.0596. The molecule has 2 aromatic heterocycles. The van der Waals surface area contributed by atoms with Crippen LogP contribution in [-0.4, -0.2) is 9.97 Å². The lowest BCUT2D eigenvalue weighted by molar-refractivity contribution is 0.679. The Hall–Kier alpha value is -1.51. The van der Waals surface area contributed by atoms with E-state index in [1.165, 1.54) is 24.1 Å². The summed E-state index contributed by atoms with van der Waals surface area (Å²) >= 11 is 0. The van der Waals surface area contributed by atoms with E-state index in [-0.39, 0.29) is 5.56 Å². The molecule has 0 saturated heterocycles. The van der Waals surface area contributed by atoms with E-state index in [1.54, 1.807) is 0 Å². The monoisotopic (exact) mass is 202 g/mol. The summed E-state index contributed by atoms with van der Waals surface area (Å²) in [5.41, 5.74) is 4.50.